The molecule has 0 unspecified atom stereocenters. The maximum Gasteiger partial charge on any atom is 0.268 e. The topological polar surface area (TPSA) is 62.1 Å². The second-order valence-corrected chi connectivity index (χ2v) is 4.04. The molecule has 0 aliphatic heterocycles. The van der Waals surface area contributed by atoms with E-state index < -0.39 is 5.60 Å². The van der Waals surface area contributed by atoms with Crippen LogP contribution in [0.25, 0.3) is 0 Å². The van der Waals surface area contributed by atoms with E-state index in [0.29, 0.717) is 6.54 Å². The summed E-state index contributed by atoms with van der Waals surface area (Å²) in [4.78, 5) is 17.3. The number of amides is 1. The third-order valence-corrected chi connectivity index (χ3v) is 2.71. The number of oxime groups is 1. The van der Waals surface area contributed by atoms with Gasteiger partial charge in [-0.05, 0) is 12.8 Å². The molecule has 0 aromatic carbocycles. The molecule has 1 N–H and O–H groups in total. The van der Waals surface area contributed by atoms with Crippen LogP contribution in [0.5, 0.6) is 0 Å². The molecule has 86 valence electrons. The van der Waals surface area contributed by atoms with Crippen LogP contribution >= 0.6 is 0 Å². The highest BCUT2D eigenvalue weighted by Gasteiger charge is 2.33. The molecule has 0 spiro atoms. The molecule has 1 fully saturated rings. The van der Waals surface area contributed by atoms with Crippen LogP contribution in [0.1, 0.15) is 25.7 Å². The summed E-state index contributed by atoms with van der Waals surface area (Å²) in [7, 11) is 3.04. The molecule has 1 rings (SSSR count). The summed E-state index contributed by atoms with van der Waals surface area (Å²) in [6.07, 6.45) is 4.71. The monoisotopic (exact) mass is 214 g/mol. The van der Waals surface area contributed by atoms with Crippen molar-refractivity contribution in [3.63, 3.8) is 0 Å². The summed E-state index contributed by atoms with van der Waals surface area (Å²) < 4.78 is 0. The fraction of sp³-hybridized carbons (Fsp3) is 0.800. The number of aliphatic hydroxyl groups is 1. The summed E-state index contributed by atoms with van der Waals surface area (Å²) in [5.41, 5.74) is -0.703. The molecular weight excluding hydrogens is 196 g/mol. The molecule has 0 radical (unpaired) electrons. The minimum absolute atomic E-state index is 0.253. The third-order valence-electron chi connectivity index (χ3n) is 2.71. The SMILES string of the molecule is CON=CC(=O)N(C)CC1(O)CCCC1. The predicted molar refractivity (Wildman–Crippen MR) is 56.6 cm³/mol. The minimum Gasteiger partial charge on any atom is -0.399 e. The number of hydrogen-bond donors (Lipinski definition) is 1. The van der Waals surface area contributed by atoms with Gasteiger partial charge in [-0.2, -0.15) is 0 Å². The van der Waals surface area contributed by atoms with E-state index in [-0.39, 0.29) is 5.91 Å². The van der Waals surface area contributed by atoms with Gasteiger partial charge in [0.2, 0.25) is 0 Å². The average Bonchev–Trinajstić information content (AvgIpc) is 2.61. The van der Waals surface area contributed by atoms with Crippen LogP contribution in [-0.4, -0.2) is 48.4 Å². The number of carbonyl (C=O) groups is 1. The Balaban J connectivity index is 2.43. The van der Waals surface area contributed by atoms with E-state index in [2.05, 4.69) is 9.99 Å². The van der Waals surface area contributed by atoms with Gasteiger partial charge in [0, 0.05) is 13.6 Å². The van der Waals surface area contributed by atoms with E-state index in [1.54, 1.807) is 7.05 Å². The van der Waals surface area contributed by atoms with E-state index in [1.165, 1.54) is 12.0 Å². The largest absolute Gasteiger partial charge is 0.399 e. The Morgan fingerprint density at radius 2 is 2.20 bits per heavy atom. The molecule has 1 aliphatic rings. The van der Waals surface area contributed by atoms with E-state index in [4.69, 9.17) is 0 Å². The number of likely N-dealkylation sites (N-methyl/N-ethyl adjacent to an activating group) is 1. The maximum absolute atomic E-state index is 11.4. The smallest absolute Gasteiger partial charge is 0.268 e. The lowest BCUT2D eigenvalue weighted by atomic mass is 10.0. The molecule has 0 atom stereocenters. The number of hydrogen-bond acceptors (Lipinski definition) is 4. The van der Waals surface area contributed by atoms with Crippen LogP contribution in [0.15, 0.2) is 5.16 Å². The van der Waals surface area contributed by atoms with Crippen LogP contribution < -0.4 is 0 Å². The predicted octanol–water partition coefficient (Wildman–Crippen LogP) is 0.382. The number of nitrogens with zero attached hydrogens (tertiary/aromatic N) is 2. The summed E-state index contributed by atoms with van der Waals surface area (Å²) in [6.45, 7) is 0.363. The Morgan fingerprint density at radius 3 is 2.73 bits per heavy atom. The summed E-state index contributed by atoms with van der Waals surface area (Å²) in [5.74, 6) is -0.253. The zero-order valence-corrected chi connectivity index (χ0v) is 9.27. The summed E-state index contributed by atoms with van der Waals surface area (Å²) >= 11 is 0. The Morgan fingerprint density at radius 1 is 1.60 bits per heavy atom. The zero-order valence-electron chi connectivity index (χ0n) is 9.27. The molecule has 0 aromatic rings. The van der Waals surface area contributed by atoms with E-state index in [1.807, 2.05) is 0 Å². The van der Waals surface area contributed by atoms with Crippen LogP contribution in [0.3, 0.4) is 0 Å². The second-order valence-electron chi connectivity index (χ2n) is 4.04. The Labute approximate surface area is 89.7 Å². The highest BCUT2D eigenvalue weighted by molar-refractivity contribution is 6.25. The Kier molecular flexibility index (Phi) is 4.08. The van der Waals surface area contributed by atoms with E-state index in [0.717, 1.165) is 31.9 Å². The lowest BCUT2D eigenvalue weighted by Crippen LogP contribution is -2.42. The minimum atomic E-state index is -0.703. The van der Waals surface area contributed by atoms with Gasteiger partial charge < -0.3 is 14.8 Å². The molecule has 15 heavy (non-hydrogen) atoms. The summed E-state index contributed by atoms with van der Waals surface area (Å²) in [6, 6.07) is 0. The van der Waals surface area contributed by atoms with Gasteiger partial charge in [0.25, 0.3) is 5.91 Å². The molecule has 0 bridgehead atoms. The van der Waals surface area contributed by atoms with Crippen molar-refractivity contribution in [3.05, 3.63) is 0 Å². The van der Waals surface area contributed by atoms with Gasteiger partial charge in [0.05, 0.1) is 5.60 Å². The average molecular weight is 214 g/mol. The second kappa shape index (κ2) is 5.11. The maximum atomic E-state index is 11.4. The highest BCUT2D eigenvalue weighted by Crippen LogP contribution is 2.29. The first kappa shape index (κ1) is 12.0. The Bertz CT molecular complexity index is 247. The van der Waals surface area contributed by atoms with Crippen LogP contribution in [0.2, 0.25) is 0 Å². The zero-order chi connectivity index (χ0) is 11.3. The first-order valence-corrected chi connectivity index (χ1v) is 5.11. The van der Waals surface area contributed by atoms with Crippen molar-refractivity contribution in [2.75, 3.05) is 20.7 Å². The van der Waals surface area contributed by atoms with Crippen molar-refractivity contribution in [1.29, 1.82) is 0 Å². The van der Waals surface area contributed by atoms with Gasteiger partial charge in [0.15, 0.2) is 0 Å². The lowest BCUT2D eigenvalue weighted by molar-refractivity contribution is -0.125. The molecule has 0 saturated heterocycles. The van der Waals surface area contributed by atoms with Gasteiger partial charge >= 0.3 is 0 Å². The van der Waals surface area contributed by atoms with Gasteiger partial charge in [-0.15, -0.1) is 0 Å². The number of rotatable bonds is 4. The van der Waals surface area contributed by atoms with Crippen molar-refractivity contribution in [3.8, 4) is 0 Å². The Hall–Kier alpha value is -1.10. The fourth-order valence-electron chi connectivity index (χ4n) is 1.91. The molecule has 0 heterocycles. The van der Waals surface area contributed by atoms with Crippen LogP contribution in [0, 0.1) is 0 Å². The van der Waals surface area contributed by atoms with Crippen LogP contribution in [0.4, 0.5) is 0 Å². The third kappa shape index (κ3) is 3.51. The molecule has 1 aliphatic carbocycles. The molecular formula is C10H18N2O3. The van der Waals surface area contributed by atoms with Crippen molar-refractivity contribution in [2.45, 2.75) is 31.3 Å². The van der Waals surface area contributed by atoms with Crippen molar-refractivity contribution in [1.82, 2.24) is 4.90 Å². The standard InChI is InChI=1S/C10H18N2O3/c1-12(9(13)7-11-15-2)8-10(14)5-3-4-6-10/h7,14H,3-6,8H2,1-2H3. The first-order valence-electron chi connectivity index (χ1n) is 5.11. The highest BCUT2D eigenvalue weighted by atomic mass is 16.6. The quantitative estimate of drug-likeness (QED) is 0.543. The normalized spacial score (nSPS) is 19.4. The fourth-order valence-corrected chi connectivity index (χ4v) is 1.91. The number of carbonyl (C=O) groups excluding carboxylic acids is 1. The van der Waals surface area contributed by atoms with Gasteiger partial charge in [-0.1, -0.05) is 18.0 Å². The van der Waals surface area contributed by atoms with Gasteiger partial charge in [-0.25, -0.2) is 0 Å². The van der Waals surface area contributed by atoms with Crippen LogP contribution in [-0.2, 0) is 9.63 Å². The molecule has 0 aromatic heterocycles. The van der Waals surface area contributed by atoms with Gasteiger partial charge in [0.1, 0.15) is 13.3 Å². The van der Waals surface area contributed by atoms with E-state index in [9.17, 15) is 9.90 Å². The molecule has 1 amide bonds. The lowest BCUT2D eigenvalue weighted by Gasteiger charge is -2.27. The summed E-state index contributed by atoms with van der Waals surface area (Å²) in [5, 5.41) is 13.5. The first-order chi connectivity index (χ1) is 7.07. The van der Waals surface area contributed by atoms with E-state index >= 15 is 0 Å². The van der Waals surface area contributed by atoms with Gasteiger partial charge in [-0.3, -0.25) is 4.79 Å². The molecule has 1 saturated carbocycles. The van der Waals surface area contributed by atoms with Crippen molar-refractivity contribution in [2.24, 2.45) is 5.16 Å². The molecule has 5 nitrogen and oxygen atoms in total. The van der Waals surface area contributed by atoms with Crippen molar-refractivity contribution < 1.29 is 14.7 Å². The van der Waals surface area contributed by atoms with Crippen molar-refractivity contribution >= 4 is 12.1 Å². The molecule has 5 heteroatoms.